The highest BCUT2D eigenvalue weighted by atomic mass is 17.3. The van der Waals surface area contributed by atoms with E-state index in [-0.39, 0.29) is 24.0 Å². The van der Waals surface area contributed by atoms with Gasteiger partial charge in [-0.15, -0.1) is 9.78 Å². The van der Waals surface area contributed by atoms with Gasteiger partial charge in [-0.25, -0.2) is 9.59 Å². The fourth-order valence-corrected chi connectivity index (χ4v) is 3.02. The highest BCUT2D eigenvalue weighted by Gasteiger charge is 2.21. The summed E-state index contributed by atoms with van der Waals surface area (Å²) in [5, 5.41) is 0. The van der Waals surface area contributed by atoms with E-state index in [0.29, 0.717) is 24.3 Å². The van der Waals surface area contributed by atoms with E-state index >= 15 is 0 Å². The van der Waals surface area contributed by atoms with Crippen molar-refractivity contribution in [3.05, 3.63) is 70.8 Å². The molecule has 0 aromatic heterocycles. The van der Waals surface area contributed by atoms with Crippen LogP contribution in [0.25, 0.3) is 0 Å². The number of rotatable bonds is 12. The molecule has 8 heteroatoms. The Morgan fingerprint density at radius 1 is 0.667 bits per heavy atom. The molecule has 0 aliphatic carbocycles. The molecule has 2 aromatic rings. The Kier molecular flexibility index (Phi) is 11.0. The van der Waals surface area contributed by atoms with E-state index in [4.69, 9.17) is 29.0 Å². The number of hydrogen-bond donors (Lipinski definition) is 0. The summed E-state index contributed by atoms with van der Waals surface area (Å²) in [7, 11) is 0. The van der Waals surface area contributed by atoms with Crippen LogP contribution in [0.4, 0.5) is 0 Å². The van der Waals surface area contributed by atoms with E-state index < -0.39 is 18.2 Å². The Balaban J connectivity index is 1.96. The van der Waals surface area contributed by atoms with Gasteiger partial charge in [-0.3, -0.25) is 9.78 Å². The van der Waals surface area contributed by atoms with Crippen LogP contribution in [0, 0.1) is 0 Å². The average molecular weight is 503 g/mol. The van der Waals surface area contributed by atoms with Crippen LogP contribution in [-0.4, -0.2) is 44.7 Å². The lowest BCUT2D eigenvalue weighted by Crippen LogP contribution is -2.27. The highest BCUT2D eigenvalue weighted by molar-refractivity contribution is 5.89. The molecule has 0 unspecified atom stereocenters. The van der Waals surface area contributed by atoms with Crippen molar-refractivity contribution in [3.8, 4) is 0 Å². The predicted molar refractivity (Wildman–Crippen MR) is 134 cm³/mol. The first-order valence-electron chi connectivity index (χ1n) is 12.0. The largest absolute Gasteiger partial charge is 0.379 e. The third kappa shape index (κ3) is 9.70. The standard InChI is InChI=1S/C28H38O8/c1-8-31-17-18-32-19-24(33-35-25(29)20-9-13-22(14-10-20)27(2,3)4)34-36-26(30)21-11-15-23(16-12-21)28(5,6)7/h9-16,24H,8,17-19H2,1-7H3. The van der Waals surface area contributed by atoms with Gasteiger partial charge in [0.1, 0.15) is 6.61 Å². The quantitative estimate of drug-likeness (QED) is 0.162. The molecule has 0 amide bonds. The molecule has 36 heavy (non-hydrogen) atoms. The Morgan fingerprint density at radius 3 is 1.42 bits per heavy atom. The zero-order chi connectivity index (χ0) is 26.8. The number of ether oxygens (including phenoxy) is 2. The van der Waals surface area contributed by atoms with Crippen molar-refractivity contribution in [1.29, 1.82) is 0 Å². The molecule has 0 radical (unpaired) electrons. The minimum atomic E-state index is -1.30. The smallest absolute Gasteiger partial charge is 0.373 e. The minimum Gasteiger partial charge on any atom is -0.379 e. The van der Waals surface area contributed by atoms with Crippen molar-refractivity contribution >= 4 is 11.9 Å². The van der Waals surface area contributed by atoms with Gasteiger partial charge in [0.2, 0.25) is 0 Å². The summed E-state index contributed by atoms with van der Waals surface area (Å²) in [4.78, 5) is 44.9. The molecular weight excluding hydrogens is 464 g/mol. The molecule has 0 heterocycles. The lowest BCUT2D eigenvalue weighted by atomic mass is 9.87. The van der Waals surface area contributed by atoms with Gasteiger partial charge < -0.3 is 9.47 Å². The molecule has 0 aliphatic heterocycles. The third-order valence-corrected chi connectivity index (χ3v) is 5.27. The summed E-state index contributed by atoms with van der Waals surface area (Å²) in [6, 6.07) is 14.0. The number of benzene rings is 2. The van der Waals surface area contributed by atoms with E-state index in [1.807, 2.05) is 31.2 Å². The second-order valence-corrected chi connectivity index (χ2v) is 10.3. The predicted octanol–water partition coefficient (Wildman–Crippen LogP) is 5.54. The second-order valence-electron chi connectivity index (χ2n) is 10.3. The molecule has 0 fully saturated rings. The Labute approximate surface area is 213 Å². The van der Waals surface area contributed by atoms with Crippen LogP contribution in [0.3, 0.4) is 0 Å². The van der Waals surface area contributed by atoms with Gasteiger partial charge in [0.15, 0.2) is 0 Å². The number of hydrogen-bond acceptors (Lipinski definition) is 8. The number of carbonyl (C=O) groups excluding carboxylic acids is 2. The van der Waals surface area contributed by atoms with Crippen LogP contribution in [0.15, 0.2) is 48.5 Å². The van der Waals surface area contributed by atoms with Gasteiger partial charge in [0, 0.05) is 6.61 Å². The summed E-state index contributed by atoms with van der Waals surface area (Å²) in [5.74, 6) is -1.44. The van der Waals surface area contributed by atoms with Crippen molar-refractivity contribution in [1.82, 2.24) is 0 Å². The van der Waals surface area contributed by atoms with Crippen molar-refractivity contribution < 1.29 is 38.6 Å². The summed E-state index contributed by atoms with van der Waals surface area (Å²) >= 11 is 0. The van der Waals surface area contributed by atoms with Gasteiger partial charge in [-0.2, -0.15) is 0 Å². The molecule has 2 rings (SSSR count). The van der Waals surface area contributed by atoms with E-state index in [9.17, 15) is 9.59 Å². The zero-order valence-corrected chi connectivity index (χ0v) is 22.3. The fraction of sp³-hybridized carbons (Fsp3) is 0.500. The molecule has 0 bridgehead atoms. The van der Waals surface area contributed by atoms with Gasteiger partial charge in [0.25, 0.3) is 6.29 Å². The first-order chi connectivity index (χ1) is 16.9. The molecule has 0 N–H and O–H groups in total. The van der Waals surface area contributed by atoms with E-state index in [1.54, 1.807) is 24.3 Å². The summed E-state index contributed by atoms with van der Waals surface area (Å²) in [6.07, 6.45) is -1.30. The molecule has 0 saturated heterocycles. The average Bonchev–Trinajstić information content (AvgIpc) is 2.83. The normalized spacial score (nSPS) is 12.0. The van der Waals surface area contributed by atoms with Crippen molar-refractivity contribution in [2.24, 2.45) is 0 Å². The number of carbonyl (C=O) groups is 2. The van der Waals surface area contributed by atoms with Crippen LogP contribution in [0.5, 0.6) is 0 Å². The van der Waals surface area contributed by atoms with Crippen molar-refractivity contribution in [2.45, 2.75) is 65.6 Å². The summed E-state index contributed by atoms with van der Waals surface area (Å²) < 4.78 is 10.6. The maximum atomic E-state index is 12.4. The van der Waals surface area contributed by atoms with Crippen LogP contribution in [0.2, 0.25) is 0 Å². The van der Waals surface area contributed by atoms with Crippen molar-refractivity contribution in [2.75, 3.05) is 26.4 Å². The van der Waals surface area contributed by atoms with Crippen LogP contribution in [-0.2, 0) is 39.9 Å². The molecule has 0 atom stereocenters. The highest BCUT2D eigenvalue weighted by Crippen LogP contribution is 2.23. The maximum Gasteiger partial charge on any atom is 0.373 e. The Morgan fingerprint density at radius 2 is 1.06 bits per heavy atom. The molecule has 0 saturated carbocycles. The Hall–Kier alpha value is -2.78. The van der Waals surface area contributed by atoms with Gasteiger partial charge in [-0.1, -0.05) is 65.8 Å². The van der Waals surface area contributed by atoms with Crippen LogP contribution in [0.1, 0.15) is 80.3 Å². The summed E-state index contributed by atoms with van der Waals surface area (Å²) in [5.41, 5.74) is 2.66. The Bertz CT molecular complexity index is 880. The molecule has 0 spiro atoms. The molecule has 8 nitrogen and oxygen atoms in total. The minimum absolute atomic E-state index is 0.0480. The fourth-order valence-electron chi connectivity index (χ4n) is 3.02. The van der Waals surface area contributed by atoms with Gasteiger partial charge >= 0.3 is 11.9 Å². The first kappa shape index (κ1) is 29.5. The van der Waals surface area contributed by atoms with Gasteiger partial charge in [0.05, 0.1) is 24.3 Å². The lowest BCUT2D eigenvalue weighted by Gasteiger charge is -2.19. The topological polar surface area (TPSA) is 89.5 Å². The summed E-state index contributed by atoms with van der Waals surface area (Å²) in [6.45, 7) is 15.4. The SMILES string of the molecule is CCOCCOCC(OOC(=O)c1ccc(C(C)(C)C)cc1)OOC(=O)c1ccc(C(C)(C)C)cc1. The van der Waals surface area contributed by atoms with Crippen molar-refractivity contribution in [3.63, 3.8) is 0 Å². The molecule has 198 valence electrons. The zero-order valence-electron chi connectivity index (χ0n) is 22.3. The van der Waals surface area contributed by atoms with Crippen LogP contribution < -0.4 is 0 Å². The van der Waals surface area contributed by atoms with E-state index in [1.165, 1.54) is 0 Å². The van der Waals surface area contributed by atoms with Gasteiger partial charge in [-0.05, 0) is 53.1 Å². The maximum absolute atomic E-state index is 12.4. The third-order valence-electron chi connectivity index (χ3n) is 5.27. The first-order valence-corrected chi connectivity index (χ1v) is 12.0. The van der Waals surface area contributed by atoms with E-state index in [0.717, 1.165) is 11.1 Å². The second kappa shape index (κ2) is 13.5. The molecular formula is C28H38O8. The van der Waals surface area contributed by atoms with E-state index in [2.05, 4.69) is 41.5 Å². The monoisotopic (exact) mass is 502 g/mol. The lowest BCUT2D eigenvalue weighted by molar-refractivity contribution is -0.427. The molecule has 0 aliphatic rings. The molecule has 2 aromatic carbocycles. The van der Waals surface area contributed by atoms with Crippen LogP contribution >= 0.6 is 0 Å².